The van der Waals surface area contributed by atoms with Crippen LogP contribution in [-0.4, -0.2) is 23.7 Å². The topological polar surface area (TPSA) is 81.1 Å². The first-order valence-electron chi connectivity index (χ1n) is 9.39. The van der Waals surface area contributed by atoms with E-state index in [0.29, 0.717) is 10.7 Å². The van der Waals surface area contributed by atoms with Crippen molar-refractivity contribution in [3.8, 4) is 5.69 Å². The van der Waals surface area contributed by atoms with Crippen LogP contribution in [0.4, 0.5) is 5.82 Å². The fourth-order valence-electron chi connectivity index (χ4n) is 2.65. The highest BCUT2D eigenvalue weighted by atomic mass is 35.5. The molecule has 2 aliphatic rings. The molecule has 0 saturated heterocycles. The Hall–Kier alpha value is -1.55. The van der Waals surface area contributed by atoms with E-state index in [9.17, 15) is 13.2 Å². The van der Waals surface area contributed by atoms with E-state index < -0.39 is 15.7 Å². The van der Waals surface area contributed by atoms with E-state index in [1.54, 1.807) is 23.1 Å². The first-order chi connectivity index (χ1) is 13.9. The lowest BCUT2D eigenvalue weighted by Crippen LogP contribution is -2.18. The van der Waals surface area contributed by atoms with Gasteiger partial charge in [0.2, 0.25) is 0 Å². The van der Waals surface area contributed by atoms with Gasteiger partial charge in [-0.2, -0.15) is 4.98 Å². The fraction of sp³-hybridized carbons (Fsp3) is 0.400. The third-order valence-electron chi connectivity index (χ3n) is 5.04. The highest BCUT2D eigenvalue weighted by Crippen LogP contribution is 2.41. The number of anilines is 1. The van der Waals surface area contributed by atoms with Gasteiger partial charge in [-0.3, -0.25) is 9.29 Å². The van der Waals surface area contributed by atoms with Crippen molar-refractivity contribution in [2.75, 3.05) is 10.5 Å². The second kappa shape index (κ2) is 8.53. The van der Waals surface area contributed by atoms with Gasteiger partial charge in [-0.1, -0.05) is 38.8 Å². The standard InChI is InChI=1S/C20H24ClN3O3S3/c1-6-20(4,5)11-28-18-16-17(22-19(25)24(16)12(2)13(3)29-18)23-30(26,27)15-9-7-14(21)8-10-15/h7-10H,6,11H2,1-5H3,(H,22,23,25). The van der Waals surface area contributed by atoms with E-state index in [4.69, 9.17) is 11.6 Å². The molecule has 0 unspecified atom stereocenters. The predicted octanol–water partition coefficient (Wildman–Crippen LogP) is 5.33. The maximum atomic E-state index is 12.9. The molecule has 0 amide bonds. The monoisotopic (exact) mass is 485 g/mol. The summed E-state index contributed by atoms with van der Waals surface area (Å²) in [5.41, 5.74) is 0.867. The molecular formula is C20H24ClN3O3S3. The Balaban J connectivity index is 2.09. The summed E-state index contributed by atoms with van der Waals surface area (Å²) in [5, 5.41) is 0.438. The quantitative estimate of drug-likeness (QED) is 0.457. The zero-order chi connectivity index (χ0) is 22.3. The van der Waals surface area contributed by atoms with Crippen molar-refractivity contribution in [2.24, 2.45) is 5.41 Å². The van der Waals surface area contributed by atoms with Gasteiger partial charge in [0.1, 0.15) is 5.69 Å². The van der Waals surface area contributed by atoms with Crippen LogP contribution in [0.25, 0.3) is 5.69 Å². The van der Waals surface area contributed by atoms with Gasteiger partial charge in [-0.25, -0.2) is 13.2 Å². The van der Waals surface area contributed by atoms with Crippen LogP contribution < -0.4 is 10.4 Å². The van der Waals surface area contributed by atoms with Gasteiger partial charge in [-0.05, 0) is 43.5 Å². The van der Waals surface area contributed by atoms with Crippen LogP contribution in [0.15, 0.2) is 38.2 Å². The number of thioether (sulfide) groups is 1. The van der Waals surface area contributed by atoms with Crippen LogP contribution in [-0.2, 0) is 10.0 Å². The molecule has 10 heteroatoms. The first kappa shape index (κ1) is 23.1. The lowest BCUT2D eigenvalue weighted by Gasteiger charge is -2.23. The Morgan fingerprint density at radius 2 is 1.87 bits per heavy atom. The number of sulfonamides is 1. The molecule has 162 valence electrons. The van der Waals surface area contributed by atoms with Crippen LogP contribution in [0.5, 0.6) is 0 Å². The Morgan fingerprint density at radius 1 is 1.23 bits per heavy atom. The van der Waals surface area contributed by atoms with E-state index in [0.717, 1.165) is 27.0 Å². The van der Waals surface area contributed by atoms with Crippen molar-refractivity contribution in [1.82, 2.24) is 9.55 Å². The van der Waals surface area contributed by atoms with Crippen molar-refractivity contribution in [1.29, 1.82) is 0 Å². The molecule has 1 N–H and O–H groups in total. The van der Waals surface area contributed by atoms with Crippen LogP contribution in [0.3, 0.4) is 0 Å². The smallest absolute Gasteiger partial charge is 0.261 e. The number of nitrogens with one attached hydrogen (secondary N) is 1. The first-order valence-corrected chi connectivity index (χ1v) is 13.1. The van der Waals surface area contributed by atoms with Gasteiger partial charge >= 0.3 is 5.69 Å². The second-order valence-corrected chi connectivity index (χ2v) is 12.4. The van der Waals surface area contributed by atoms with Gasteiger partial charge in [0.05, 0.1) is 9.10 Å². The molecule has 3 rings (SSSR count). The molecule has 0 radical (unpaired) electrons. The summed E-state index contributed by atoms with van der Waals surface area (Å²) in [6.45, 7) is 10.3. The number of nitrogens with zero attached hydrogens (tertiary/aromatic N) is 2. The minimum absolute atomic E-state index is 0.0473. The molecule has 6 nitrogen and oxygen atoms in total. The van der Waals surface area contributed by atoms with Gasteiger partial charge < -0.3 is 0 Å². The van der Waals surface area contributed by atoms with E-state index in [1.165, 1.54) is 28.8 Å². The summed E-state index contributed by atoms with van der Waals surface area (Å²) >= 11 is 9.04. The van der Waals surface area contributed by atoms with Crippen LogP contribution in [0.1, 0.15) is 37.8 Å². The third kappa shape index (κ3) is 4.69. The Bertz CT molecular complexity index is 1200. The number of aryl methyl sites for hydroxylation is 1. The highest BCUT2D eigenvalue weighted by molar-refractivity contribution is 8.01. The second-order valence-electron chi connectivity index (χ2n) is 7.82. The number of benzene rings is 1. The molecule has 0 saturated carbocycles. The maximum absolute atomic E-state index is 12.9. The van der Waals surface area contributed by atoms with E-state index in [2.05, 4.69) is 30.5 Å². The molecule has 2 aliphatic heterocycles. The molecule has 0 aromatic heterocycles. The average Bonchev–Trinajstić information content (AvgIpc) is 2.99. The van der Waals surface area contributed by atoms with Crippen molar-refractivity contribution in [3.63, 3.8) is 0 Å². The van der Waals surface area contributed by atoms with Gasteiger partial charge in [0, 0.05) is 21.3 Å². The van der Waals surface area contributed by atoms with Gasteiger partial charge in [-0.15, -0.1) is 23.1 Å². The minimum Gasteiger partial charge on any atom is -0.261 e. The summed E-state index contributed by atoms with van der Waals surface area (Å²) in [4.78, 5) is 17.7. The molecule has 30 heavy (non-hydrogen) atoms. The molecule has 0 aliphatic carbocycles. The van der Waals surface area contributed by atoms with Crippen LogP contribution >= 0.6 is 34.7 Å². The summed E-state index contributed by atoms with van der Waals surface area (Å²) < 4.78 is 30.6. The van der Waals surface area contributed by atoms with Gasteiger partial charge in [0.25, 0.3) is 10.0 Å². The normalized spacial score (nSPS) is 12.5. The molecule has 0 spiro atoms. The van der Waals surface area contributed by atoms with Crippen LogP contribution in [0, 0.1) is 19.3 Å². The van der Waals surface area contributed by atoms with E-state index in [1.807, 2.05) is 13.8 Å². The number of rotatable bonds is 7. The van der Waals surface area contributed by atoms with E-state index >= 15 is 0 Å². The highest BCUT2D eigenvalue weighted by Gasteiger charge is 2.28. The van der Waals surface area contributed by atoms with Crippen LogP contribution in [0.2, 0.25) is 5.02 Å². The zero-order valence-electron chi connectivity index (χ0n) is 17.4. The zero-order valence-corrected chi connectivity index (χ0v) is 20.7. The molecule has 0 bridgehead atoms. The number of hydrogen-bond acceptors (Lipinski definition) is 6. The SMILES string of the molecule is CCC(C)(C)CSc1sc(C)c(C)n2c(=O)nc(NS(=O)(=O)c3ccc(Cl)cc3)c1-2. The summed E-state index contributed by atoms with van der Waals surface area (Å²) in [7, 11) is -3.92. The Morgan fingerprint density at radius 3 is 2.47 bits per heavy atom. The molecular weight excluding hydrogens is 462 g/mol. The predicted molar refractivity (Wildman–Crippen MR) is 125 cm³/mol. The molecule has 0 fully saturated rings. The van der Waals surface area contributed by atoms with Crippen molar-refractivity contribution in [3.05, 3.63) is 50.3 Å². The Kier molecular flexibility index (Phi) is 6.57. The maximum Gasteiger partial charge on any atom is 0.354 e. The van der Waals surface area contributed by atoms with Gasteiger partial charge in [0.15, 0.2) is 5.82 Å². The van der Waals surface area contributed by atoms with Crippen molar-refractivity contribution < 1.29 is 8.42 Å². The summed E-state index contributed by atoms with van der Waals surface area (Å²) in [5.74, 6) is 0.882. The fourth-order valence-corrected chi connectivity index (χ4v) is 6.42. The number of fused-ring (bicyclic) bond motifs is 1. The molecule has 1 aromatic carbocycles. The Labute approximate surface area is 190 Å². The molecule has 0 atom stereocenters. The average molecular weight is 486 g/mol. The summed E-state index contributed by atoms with van der Waals surface area (Å²) in [6.07, 6.45) is 1.01. The molecule has 1 aromatic rings. The lowest BCUT2D eigenvalue weighted by molar-refractivity contribution is 0.408. The molecule has 2 heterocycles. The number of imidazole rings is 1. The minimum atomic E-state index is -3.92. The number of halogens is 1. The third-order valence-corrected chi connectivity index (χ3v) is 9.61. The van der Waals surface area contributed by atoms with E-state index in [-0.39, 0.29) is 16.1 Å². The largest absolute Gasteiger partial charge is 0.354 e. The number of hydrogen-bond donors (Lipinski definition) is 1. The lowest BCUT2D eigenvalue weighted by atomic mass is 9.93. The number of aromatic nitrogens is 2. The van der Waals surface area contributed by atoms with Crippen molar-refractivity contribution >= 4 is 50.5 Å². The van der Waals surface area contributed by atoms with Crippen molar-refractivity contribution in [2.45, 2.75) is 50.1 Å². The summed E-state index contributed by atoms with van der Waals surface area (Å²) in [6, 6.07) is 5.84.